The molecule has 6 nitrogen and oxygen atoms in total. The highest BCUT2D eigenvalue weighted by molar-refractivity contribution is 6.31. The molecule has 0 radical (unpaired) electrons. The maximum absolute atomic E-state index is 14.3. The molecule has 0 saturated heterocycles. The van der Waals surface area contributed by atoms with Crippen LogP contribution in [0.1, 0.15) is 27.4 Å². The summed E-state index contributed by atoms with van der Waals surface area (Å²) in [7, 11) is 1.41. The first-order valence-electron chi connectivity index (χ1n) is 9.36. The summed E-state index contributed by atoms with van der Waals surface area (Å²) in [5.74, 6) is -0.266. The van der Waals surface area contributed by atoms with E-state index >= 15 is 0 Å². The Labute approximate surface area is 177 Å². The second-order valence-electron chi connectivity index (χ2n) is 6.80. The summed E-state index contributed by atoms with van der Waals surface area (Å²) in [5, 5.41) is 8.31. The molecule has 0 aliphatic heterocycles. The molecular formula is C22H19ClFN3O3. The van der Waals surface area contributed by atoms with E-state index in [1.54, 1.807) is 18.2 Å². The Morgan fingerprint density at radius 3 is 2.97 bits per heavy atom. The van der Waals surface area contributed by atoms with Crippen LogP contribution >= 0.6 is 11.6 Å². The third kappa shape index (κ3) is 4.16. The topological polar surface area (TPSA) is 80.1 Å². The first kappa shape index (κ1) is 20.0. The molecule has 0 unspecified atom stereocenters. The maximum atomic E-state index is 14.3. The van der Waals surface area contributed by atoms with E-state index in [2.05, 4.69) is 15.5 Å². The van der Waals surface area contributed by atoms with Gasteiger partial charge < -0.3 is 19.6 Å². The number of H-pyrrole nitrogens is 1. The van der Waals surface area contributed by atoms with Gasteiger partial charge >= 0.3 is 0 Å². The van der Waals surface area contributed by atoms with Gasteiger partial charge in [0.25, 0.3) is 5.91 Å². The second-order valence-corrected chi connectivity index (χ2v) is 7.23. The van der Waals surface area contributed by atoms with E-state index < -0.39 is 5.82 Å². The van der Waals surface area contributed by atoms with Crippen molar-refractivity contribution in [3.63, 3.8) is 0 Å². The summed E-state index contributed by atoms with van der Waals surface area (Å²) in [6.45, 7) is 0.422. The van der Waals surface area contributed by atoms with Crippen LogP contribution in [0.5, 0.6) is 5.75 Å². The zero-order valence-corrected chi connectivity index (χ0v) is 16.9. The molecule has 2 N–H and O–H groups in total. The van der Waals surface area contributed by atoms with Gasteiger partial charge in [0, 0.05) is 41.2 Å². The van der Waals surface area contributed by atoms with Crippen LogP contribution in [0.25, 0.3) is 10.9 Å². The molecule has 0 bridgehead atoms. The molecule has 2 aromatic heterocycles. The van der Waals surface area contributed by atoms with Crippen LogP contribution in [0.2, 0.25) is 5.02 Å². The Bertz CT molecular complexity index is 1200. The number of amides is 1. The van der Waals surface area contributed by atoms with Crippen LogP contribution in [0.3, 0.4) is 0 Å². The number of hydrogen-bond acceptors (Lipinski definition) is 4. The van der Waals surface area contributed by atoms with Gasteiger partial charge in [0.1, 0.15) is 5.76 Å². The van der Waals surface area contributed by atoms with Crippen LogP contribution in [-0.2, 0) is 12.8 Å². The molecule has 2 heterocycles. The molecule has 0 spiro atoms. The van der Waals surface area contributed by atoms with Crippen molar-refractivity contribution >= 4 is 28.4 Å². The summed E-state index contributed by atoms with van der Waals surface area (Å²) in [6, 6.07) is 12.0. The highest BCUT2D eigenvalue weighted by Gasteiger charge is 2.15. The average molecular weight is 428 g/mol. The van der Waals surface area contributed by atoms with Gasteiger partial charge in [-0.15, -0.1) is 0 Å². The monoisotopic (exact) mass is 427 g/mol. The van der Waals surface area contributed by atoms with E-state index in [1.165, 1.54) is 13.2 Å². The molecule has 4 aromatic rings. The van der Waals surface area contributed by atoms with Gasteiger partial charge in [0.05, 0.1) is 7.11 Å². The number of aromatic nitrogens is 2. The summed E-state index contributed by atoms with van der Waals surface area (Å²) in [6.07, 6.45) is 2.70. The van der Waals surface area contributed by atoms with E-state index in [4.69, 9.17) is 20.9 Å². The third-order valence-corrected chi connectivity index (χ3v) is 5.06. The van der Waals surface area contributed by atoms with Gasteiger partial charge in [0.15, 0.2) is 17.3 Å². The Morgan fingerprint density at radius 1 is 1.27 bits per heavy atom. The number of nitrogens with one attached hydrogen (secondary N) is 2. The van der Waals surface area contributed by atoms with Crippen LogP contribution in [0.4, 0.5) is 4.39 Å². The van der Waals surface area contributed by atoms with Crippen LogP contribution in [-0.4, -0.2) is 29.7 Å². The molecule has 0 aliphatic carbocycles. The number of fused-ring (bicyclic) bond motifs is 1. The van der Waals surface area contributed by atoms with E-state index in [9.17, 15) is 9.18 Å². The van der Waals surface area contributed by atoms with Crippen molar-refractivity contribution in [2.45, 2.75) is 12.8 Å². The van der Waals surface area contributed by atoms with Crippen LogP contribution in [0, 0.1) is 5.82 Å². The fourth-order valence-corrected chi connectivity index (χ4v) is 3.47. The van der Waals surface area contributed by atoms with Crippen LogP contribution in [0.15, 0.2) is 53.2 Å². The first-order chi connectivity index (χ1) is 14.5. The largest absolute Gasteiger partial charge is 0.494 e. The molecule has 30 heavy (non-hydrogen) atoms. The van der Waals surface area contributed by atoms with Gasteiger partial charge in [-0.2, -0.15) is 0 Å². The normalized spacial score (nSPS) is 11.0. The van der Waals surface area contributed by atoms with Crippen molar-refractivity contribution in [1.29, 1.82) is 0 Å². The third-order valence-electron chi connectivity index (χ3n) is 4.83. The van der Waals surface area contributed by atoms with Crippen molar-refractivity contribution in [3.05, 3.63) is 82.1 Å². The molecule has 0 aliphatic rings. The number of carbonyl (C=O) groups is 1. The summed E-state index contributed by atoms with van der Waals surface area (Å²) in [5.41, 5.74) is 2.60. The minimum absolute atomic E-state index is 0.148. The van der Waals surface area contributed by atoms with Gasteiger partial charge in [-0.1, -0.05) is 28.9 Å². The van der Waals surface area contributed by atoms with Crippen molar-refractivity contribution in [1.82, 2.24) is 15.5 Å². The Kier molecular flexibility index (Phi) is 5.72. The molecule has 154 valence electrons. The minimum Gasteiger partial charge on any atom is -0.494 e. The Balaban J connectivity index is 1.37. The molecule has 0 saturated carbocycles. The Hall–Kier alpha value is -3.32. The number of methoxy groups -OCH3 is 1. The lowest BCUT2D eigenvalue weighted by Crippen LogP contribution is -2.25. The molecule has 1 amide bonds. The van der Waals surface area contributed by atoms with Crippen molar-refractivity contribution in [2.24, 2.45) is 0 Å². The van der Waals surface area contributed by atoms with Gasteiger partial charge in [0.2, 0.25) is 0 Å². The Morgan fingerprint density at radius 2 is 2.13 bits per heavy atom. The average Bonchev–Trinajstić information content (AvgIpc) is 3.37. The highest BCUT2D eigenvalue weighted by atomic mass is 35.5. The number of carbonyl (C=O) groups excluding carboxylic acids is 1. The number of aromatic amines is 1. The molecule has 4 rings (SSSR count). The molecule has 8 heteroatoms. The zero-order chi connectivity index (χ0) is 21.1. The fraction of sp³-hybridized carbons (Fsp3) is 0.182. The van der Waals surface area contributed by atoms with Gasteiger partial charge in [-0.25, -0.2) is 4.39 Å². The smallest absolute Gasteiger partial charge is 0.273 e. The predicted octanol–water partition coefficient (Wildman–Crippen LogP) is 4.52. The quantitative estimate of drug-likeness (QED) is 0.454. The van der Waals surface area contributed by atoms with Gasteiger partial charge in [-0.3, -0.25) is 4.79 Å². The lowest BCUT2D eigenvalue weighted by atomic mass is 10.1. The predicted molar refractivity (Wildman–Crippen MR) is 112 cm³/mol. The zero-order valence-electron chi connectivity index (χ0n) is 16.2. The fourth-order valence-electron chi connectivity index (χ4n) is 3.30. The maximum Gasteiger partial charge on any atom is 0.273 e. The number of halogens is 2. The van der Waals surface area contributed by atoms with Crippen LogP contribution < -0.4 is 10.1 Å². The molecule has 2 aromatic carbocycles. The number of ether oxygens (including phenoxy) is 1. The number of nitrogens with zero attached hydrogens (tertiary/aromatic N) is 1. The van der Waals surface area contributed by atoms with E-state index in [1.807, 2.05) is 24.4 Å². The lowest BCUT2D eigenvalue weighted by Gasteiger charge is -2.05. The van der Waals surface area contributed by atoms with Crippen molar-refractivity contribution in [2.75, 3.05) is 13.7 Å². The van der Waals surface area contributed by atoms with Gasteiger partial charge in [-0.05, 0) is 41.8 Å². The van der Waals surface area contributed by atoms with E-state index in [-0.39, 0.29) is 23.8 Å². The molecular weight excluding hydrogens is 409 g/mol. The summed E-state index contributed by atoms with van der Waals surface area (Å²) >= 11 is 6.07. The standard InChI is InChI=1S/C22H19ClFN3O3/c1-29-20-4-2-3-13(21(20)24)9-16-11-19(27-30-16)22(28)25-8-7-14-12-26-18-6-5-15(23)10-17(14)18/h2-6,10-12,26H,7-9H2,1H3,(H,25,28). The second kappa shape index (κ2) is 8.59. The van der Waals surface area contributed by atoms with Crippen molar-refractivity contribution in [3.8, 4) is 5.75 Å². The molecule has 0 atom stereocenters. The molecule has 0 fully saturated rings. The summed E-state index contributed by atoms with van der Waals surface area (Å²) < 4.78 is 24.5. The highest BCUT2D eigenvalue weighted by Crippen LogP contribution is 2.23. The van der Waals surface area contributed by atoms with E-state index in [0.717, 1.165) is 16.5 Å². The number of benzene rings is 2. The number of rotatable bonds is 7. The summed E-state index contributed by atoms with van der Waals surface area (Å²) in [4.78, 5) is 15.6. The van der Waals surface area contributed by atoms with Crippen molar-refractivity contribution < 1.29 is 18.4 Å². The first-order valence-corrected chi connectivity index (χ1v) is 9.73. The minimum atomic E-state index is -0.457. The lowest BCUT2D eigenvalue weighted by molar-refractivity contribution is 0.0945. The SMILES string of the molecule is COc1cccc(Cc2cc(C(=O)NCCc3c[nH]c4ccc(Cl)cc34)no2)c1F. The van der Waals surface area contributed by atoms with E-state index in [0.29, 0.717) is 29.3 Å². The number of hydrogen-bond donors (Lipinski definition) is 2.